The number of fused-ring (bicyclic) bond motifs is 1. The average molecular weight is 459 g/mol. The maximum atomic E-state index is 12.7. The van der Waals surface area contributed by atoms with Gasteiger partial charge in [0.25, 0.3) is 5.91 Å². The van der Waals surface area contributed by atoms with Gasteiger partial charge in [-0.05, 0) is 54.4 Å². The molecule has 0 aliphatic rings. The van der Waals surface area contributed by atoms with Gasteiger partial charge in [-0.3, -0.25) is 4.79 Å². The van der Waals surface area contributed by atoms with Crippen LogP contribution in [0.4, 0.5) is 0 Å². The van der Waals surface area contributed by atoms with Crippen LogP contribution in [-0.2, 0) is 17.8 Å². The first-order chi connectivity index (χ1) is 16.5. The number of phenolic OH excluding ortho intramolecular Hbond substituents is 1. The molecule has 1 heterocycles. The number of carbonyl (C=O) groups excluding carboxylic acids is 1. The maximum absolute atomic E-state index is 12.7. The van der Waals surface area contributed by atoms with Crippen LogP contribution in [0, 0.1) is 6.92 Å². The number of benzene rings is 3. The molecule has 1 aromatic heterocycles. The normalized spacial score (nSPS) is 11.1. The number of methoxy groups -OCH3 is 2. The monoisotopic (exact) mass is 458 g/mol. The Hall–Kier alpha value is -4.33. The molecule has 8 nitrogen and oxygen atoms in total. The van der Waals surface area contributed by atoms with E-state index in [1.807, 2.05) is 60.0 Å². The molecule has 8 heteroatoms. The SMILES string of the molecule is COc1ccc(Cc2nc3ccccc3n2CC(=O)NN=Cc2ccc(C)cc2O)cc1OC. The molecular formula is C26H26N4O4. The standard InChI is InChI=1S/C26H26N4O4/c1-17-8-10-19(22(31)12-17)15-27-29-26(32)16-30-21-7-5-4-6-20(21)28-25(30)14-18-9-11-23(33-2)24(13-18)34-3/h4-13,15,31H,14,16H2,1-3H3,(H,29,32). The summed E-state index contributed by atoms with van der Waals surface area (Å²) < 4.78 is 12.6. The van der Waals surface area contributed by atoms with E-state index in [1.165, 1.54) is 6.21 Å². The second-order valence-electron chi connectivity index (χ2n) is 7.82. The number of hydrazone groups is 1. The zero-order chi connectivity index (χ0) is 24.1. The number of nitrogens with zero attached hydrogens (tertiary/aromatic N) is 3. The van der Waals surface area contributed by atoms with E-state index in [1.54, 1.807) is 26.4 Å². The van der Waals surface area contributed by atoms with Gasteiger partial charge in [-0.1, -0.05) is 24.3 Å². The predicted octanol–water partition coefficient (Wildman–Crippen LogP) is 3.81. The molecule has 4 aromatic rings. The molecule has 0 atom stereocenters. The van der Waals surface area contributed by atoms with Gasteiger partial charge < -0.3 is 19.1 Å². The van der Waals surface area contributed by atoms with Crippen LogP contribution in [0.5, 0.6) is 17.2 Å². The number of aromatic hydroxyl groups is 1. The second kappa shape index (κ2) is 10.1. The van der Waals surface area contributed by atoms with Crippen LogP contribution in [0.15, 0.2) is 65.8 Å². The van der Waals surface area contributed by atoms with E-state index >= 15 is 0 Å². The molecule has 0 radical (unpaired) electrons. The van der Waals surface area contributed by atoms with Crippen LogP contribution < -0.4 is 14.9 Å². The molecule has 1 amide bonds. The molecule has 0 aliphatic heterocycles. The molecule has 3 aromatic carbocycles. The highest BCUT2D eigenvalue weighted by atomic mass is 16.5. The first-order valence-corrected chi connectivity index (χ1v) is 10.7. The van der Waals surface area contributed by atoms with Crippen molar-refractivity contribution < 1.29 is 19.4 Å². The number of imidazole rings is 1. The number of amides is 1. The highest BCUT2D eigenvalue weighted by Gasteiger charge is 2.15. The highest BCUT2D eigenvalue weighted by Crippen LogP contribution is 2.29. The Morgan fingerprint density at radius 2 is 1.88 bits per heavy atom. The smallest absolute Gasteiger partial charge is 0.260 e. The number of ether oxygens (including phenoxy) is 2. The van der Waals surface area contributed by atoms with E-state index in [0.29, 0.717) is 23.5 Å². The maximum Gasteiger partial charge on any atom is 0.260 e. The summed E-state index contributed by atoms with van der Waals surface area (Å²) in [6.45, 7) is 1.93. The average Bonchev–Trinajstić information content (AvgIpc) is 3.17. The molecule has 34 heavy (non-hydrogen) atoms. The van der Waals surface area contributed by atoms with Crippen molar-refractivity contribution >= 4 is 23.2 Å². The summed E-state index contributed by atoms with van der Waals surface area (Å²) in [7, 11) is 3.19. The summed E-state index contributed by atoms with van der Waals surface area (Å²) in [6, 6.07) is 18.6. The molecule has 0 unspecified atom stereocenters. The number of aryl methyl sites for hydroxylation is 1. The lowest BCUT2D eigenvalue weighted by Crippen LogP contribution is -2.24. The lowest BCUT2D eigenvalue weighted by Gasteiger charge is -2.11. The van der Waals surface area contributed by atoms with E-state index in [4.69, 9.17) is 14.5 Å². The Morgan fingerprint density at radius 3 is 2.65 bits per heavy atom. The van der Waals surface area contributed by atoms with Crippen molar-refractivity contribution in [2.24, 2.45) is 5.10 Å². The van der Waals surface area contributed by atoms with E-state index in [0.717, 1.165) is 28.0 Å². The lowest BCUT2D eigenvalue weighted by atomic mass is 10.1. The van der Waals surface area contributed by atoms with Crippen LogP contribution in [0.25, 0.3) is 11.0 Å². The fraction of sp³-hybridized carbons (Fsp3) is 0.192. The van der Waals surface area contributed by atoms with Crippen molar-refractivity contribution in [1.82, 2.24) is 15.0 Å². The summed E-state index contributed by atoms with van der Waals surface area (Å²) in [5.74, 6) is 1.82. The van der Waals surface area contributed by atoms with Crippen molar-refractivity contribution in [2.75, 3.05) is 14.2 Å². The van der Waals surface area contributed by atoms with Crippen LogP contribution in [-0.4, -0.2) is 41.0 Å². The zero-order valence-electron chi connectivity index (χ0n) is 19.3. The topological polar surface area (TPSA) is 98.0 Å². The van der Waals surface area contributed by atoms with Crippen molar-refractivity contribution in [1.29, 1.82) is 0 Å². The number of para-hydroxylation sites is 2. The number of nitrogens with one attached hydrogen (secondary N) is 1. The van der Waals surface area contributed by atoms with Gasteiger partial charge in [-0.15, -0.1) is 0 Å². The largest absolute Gasteiger partial charge is 0.507 e. The molecule has 0 bridgehead atoms. The Kier molecular flexibility index (Phi) is 6.77. The molecule has 0 aliphatic carbocycles. The number of hydrogen-bond donors (Lipinski definition) is 2. The fourth-order valence-corrected chi connectivity index (χ4v) is 3.73. The van der Waals surface area contributed by atoms with Crippen molar-refractivity contribution in [3.8, 4) is 17.2 Å². The third kappa shape index (κ3) is 5.01. The van der Waals surface area contributed by atoms with Crippen LogP contribution in [0.1, 0.15) is 22.5 Å². The van der Waals surface area contributed by atoms with Crippen LogP contribution in [0.2, 0.25) is 0 Å². The van der Waals surface area contributed by atoms with Crippen LogP contribution in [0.3, 0.4) is 0 Å². The number of phenols is 1. The number of hydrogen-bond acceptors (Lipinski definition) is 6. The molecule has 4 rings (SSSR count). The minimum absolute atomic E-state index is 0.0420. The summed E-state index contributed by atoms with van der Waals surface area (Å²) in [5, 5.41) is 14.0. The lowest BCUT2D eigenvalue weighted by molar-refractivity contribution is -0.121. The Labute approximate surface area is 197 Å². The summed E-state index contributed by atoms with van der Waals surface area (Å²) in [5.41, 5.74) is 6.63. The van der Waals surface area contributed by atoms with Gasteiger partial charge >= 0.3 is 0 Å². The molecule has 0 spiro atoms. The van der Waals surface area contributed by atoms with Crippen molar-refractivity contribution in [3.63, 3.8) is 0 Å². The third-order valence-corrected chi connectivity index (χ3v) is 5.42. The Morgan fingerprint density at radius 1 is 1.09 bits per heavy atom. The number of rotatable bonds is 8. The quantitative estimate of drug-likeness (QED) is 0.309. The highest BCUT2D eigenvalue weighted by molar-refractivity contribution is 5.86. The molecule has 0 fully saturated rings. The van der Waals surface area contributed by atoms with Crippen LogP contribution >= 0.6 is 0 Å². The fourth-order valence-electron chi connectivity index (χ4n) is 3.73. The van der Waals surface area contributed by atoms with Crippen molar-refractivity contribution in [3.05, 3.63) is 83.2 Å². The summed E-state index contributed by atoms with van der Waals surface area (Å²) in [6.07, 6.45) is 1.92. The van der Waals surface area contributed by atoms with Gasteiger partial charge in [0.05, 0.1) is 31.5 Å². The summed E-state index contributed by atoms with van der Waals surface area (Å²) in [4.78, 5) is 17.4. The first-order valence-electron chi connectivity index (χ1n) is 10.7. The number of carbonyl (C=O) groups is 1. The molecule has 2 N–H and O–H groups in total. The van der Waals surface area contributed by atoms with Gasteiger partial charge in [-0.25, -0.2) is 10.4 Å². The van der Waals surface area contributed by atoms with E-state index in [2.05, 4.69) is 10.5 Å². The van der Waals surface area contributed by atoms with Gasteiger partial charge in [0.2, 0.25) is 0 Å². The van der Waals surface area contributed by atoms with Gasteiger partial charge in [0, 0.05) is 12.0 Å². The van der Waals surface area contributed by atoms with E-state index in [9.17, 15) is 9.90 Å². The minimum Gasteiger partial charge on any atom is -0.507 e. The van der Waals surface area contributed by atoms with Gasteiger partial charge in [0.1, 0.15) is 18.1 Å². The minimum atomic E-state index is -0.306. The molecular weight excluding hydrogens is 432 g/mol. The van der Waals surface area contributed by atoms with E-state index in [-0.39, 0.29) is 18.2 Å². The molecule has 0 saturated carbocycles. The predicted molar refractivity (Wildman–Crippen MR) is 131 cm³/mol. The van der Waals surface area contributed by atoms with Gasteiger partial charge in [-0.2, -0.15) is 5.10 Å². The third-order valence-electron chi connectivity index (χ3n) is 5.42. The Bertz CT molecular complexity index is 1360. The first kappa shape index (κ1) is 22.8. The summed E-state index contributed by atoms with van der Waals surface area (Å²) >= 11 is 0. The van der Waals surface area contributed by atoms with Crippen molar-refractivity contribution in [2.45, 2.75) is 19.9 Å². The van der Waals surface area contributed by atoms with Gasteiger partial charge in [0.15, 0.2) is 11.5 Å². The van der Waals surface area contributed by atoms with E-state index < -0.39 is 0 Å². The Balaban J connectivity index is 1.55. The zero-order valence-corrected chi connectivity index (χ0v) is 19.3. The molecule has 174 valence electrons. The second-order valence-corrected chi connectivity index (χ2v) is 7.82. The molecule has 0 saturated heterocycles. The number of aromatic nitrogens is 2.